The SMILES string of the molecule is CCC(C)CCCCCCCCCCCCCC(=O)OCC1COC(C)(C)O1. The van der Waals surface area contributed by atoms with Gasteiger partial charge in [-0.05, 0) is 26.2 Å². The summed E-state index contributed by atoms with van der Waals surface area (Å²) in [6.45, 7) is 9.22. The van der Waals surface area contributed by atoms with Gasteiger partial charge in [0.15, 0.2) is 5.79 Å². The first-order valence-electron chi connectivity index (χ1n) is 11.9. The molecule has 0 spiro atoms. The molecule has 0 radical (unpaired) electrons. The van der Waals surface area contributed by atoms with E-state index < -0.39 is 5.79 Å². The molecule has 166 valence electrons. The van der Waals surface area contributed by atoms with E-state index in [2.05, 4.69) is 13.8 Å². The first kappa shape index (κ1) is 25.4. The van der Waals surface area contributed by atoms with E-state index in [4.69, 9.17) is 14.2 Å². The van der Waals surface area contributed by atoms with Crippen molar-refractivity contribution in [3.05, 3.63) is 0 Å². The second-order valence-corrected chi connectivity index (χ2v) is 9.07. The van der Waals surface area contributed by atoms with Crippen LogP contribution in [0.25, 0.3) is 0 Å². The number of ether oxygens (including phenoxy) is 3. The van der Waals surface area contributed by atoms with E-state index in [-0.39, 0.29) is 12.1 Å². The minimum atomic E-state index is -0.551. The number of carbonyl (C=O) groups excluding carboxylic acids is 1. The van der Waals surface area contributed by atoms with Crippen LogP contribution in [0.2, 0.25) is 0 Å². The van der Waals surface area contributed by atoms with E-state index in [1.54, 1.807) is 0 Å². The highest BCUT2D eigenvalue weighted by Crippen LogP contribution is 2.22. The maximum Gasteiger partial charge on any atom is 0.305 e. The normalized spacial score (nSPS) is 19.6. The zero-order valence-electron chi connectivity index (χ0n) is 19.1. The minimum absolute atomic E-state index is 0.110. The van der Waals surface area contributed by atoms with Crippen LogP contribution in [0, 0.1) is 5.92 Å². The van der Waals surface area contributed by atoms with E-state index in [9.17, 15) is 4.79 Å². The van der Waals surface area contributed by atoms with Gasteiger partial charge in [0.25, 0.3) is 0 Å². The van der Waals surface area contributed by atoms with Gasteiger partial charge in [0, 0.05) is 6.42 Å². The molecule has 1 saturated heterocycles. The summed E-state index contributed by atoms with van der Waals surface area (Å²) < 4.78 is 16.4. The van der Waals surface area contributed by atoms with Gasteiger partial charge in [0.05, 0.1) is 6.61 Å². The van der Waals surface area contributed by atoms with Gasteiger partial charge in [-0.25, -0.2) is 0 Å². The highest BCUT2D eigenvalue weighted by molar-refractivity contribution is 5.69. The van der Waals surface area contributed by atoms with Crippen molar-refractivity contribution in [3.8, 4) is 0 Å². The Balaban J connectivity index is 1.78. The molecule has 1 aliphatic rings. The number of hydrogen-bond acceptors (Lipinski definition) is 4. The van der Waals surface area contributed by atoms with Gasteiger partial charge in [-0.2, -0.15) is 0 Å². The summed E-state index contributed by atoms with van der Waals surface area (Å²) in [7, 11) is 0. The van der Waals surface area contributed by atoms with Crippen LogP contribution in [-0.4, -0.2) is 31.1 Å². The molecule has 0 aliphatic carbocycles. The van der Waals surface area contributed by atoms with Crippen LogP contribution in [0.15, 0.2) is 0 Å². The van der Waals surface area contributed by atoms with E-state index in [0.717, 1.165) is 18.8 Å². The topological polar surface area (TPSA) is 44.8 Å². The molecule has 1 heterocycles. The van der Waals surface area contributed by atoms with E-state index in [1.807, 2.05) is 13.8 Å². The number of carbonyl (C=O) groups is 1. The first-order chi connectivity index (χ1) is 13.4. The Morgan fingerprint density at radius 1 is 0.964 bits per heavy atom. The standard InChI is InChI=1S/C24H46O4/c1-5-21(2)17-15-13-11-9-7-6-8-10-12-14-16-18-23(25)26-19-22-20-27-24(3,4)28-22/h21-22H,5-20H2,1-4H3. The molecule has 0 aromatic carbocycles. The molecule has 1 rings (SSSR count). The van der Waals surface area contributed by atoms with Gasteiger partial charge >= 0.3 is 5.97 Å². The molecule has 4 nitrogen and oxygen atoms in total. The average Bonchev–Trinajstić information content (AvgIpc) is 3.02. The van der Waals surface area contributed by atoms with Crippen LogP contribution in [0.5, 0.6) is 0 Å². The molecule has 0 amide bonds. The van der Waals surface area contributed by atoms with Crippen molar-refractivity contribution in [2.45, 2.75) is 129 Å². The molecule has 0 bridgehead atoms. The quantitative estimate of drug-likeness (QED) is 0.200. The summed E-state index contributed by atoms with van der Waals surface area (Å²) in [5.41, 5.74) is 0. The zero-order valence-corrected chi connectivity index (χ0v) is 19.1. The Hall–Kier alpha value is -0.610. The smallest absolute Gasteiger partial charge is 0.305 e. The second kappa shape index (κ2) is 15.3. The highest BCUT2D eigenvalue weighted by atomic mass is 16.7. The summed E-state index contributed by atoms with van der Waals surface area (Å²) in [5, 5.41) is 0. The lowest BCUT2D eigenvalue weighted by Gasteiger charge is -2.16. The van der Waals surface area contributed by atoms with Crippen LogP contribution in [0.1, 0.15) is 118 Å². The summed E-state index contributed by atoms with van der Waals surface area (Å²) in [6, 6.07) is 0. The molecule has 0 N–H and O–H groups in total. The second-order valence-electron chi connectivity index (χ2n) is 9.07. The molecular formula is C24H46O4. The fourth-order valence-electron chi connectivity index (χ4n) is 3.66. The molecule has 28 heavy (non-hydrogen) atoms. The van der Waals surface area contributed by atoms with Gasteiger partial charge in [-0.15, -0.1) is 0 Å². The Morgan fingerprint density at radius 2 is 1.50 bits per heavy atom. The lowest BCUT2D eigenvalue weighted by molar-refractivity contribution is -0.158. The van der Waals surface area contributed by atoms with Crippen LogP contribution in [0.4, 0.5) is 0 Å². The van der Waals surface area contributed by atoms with Gasteiger partial charge < -0.3 is 14.2 Å². The van der Waals surface area contributed by atoms with Crippen molar-refractivity contribution in [1.82, 2.24) is 0 Å². The highest BCUT2D eigenvalue weighted by Gasteiger charge is 2.33. The number of esters is 1. The van der Waals surface area contributed by atoms with Crippen molar-refractivity contribution < 1.29 is 19.0 Å². The van der Waals surface area contributed by atoms with E-state index in [0.29, 0.717) is 19.6 Å². The molecular weight excluding hydrogens is 352 g/mol. The predicted molar refractivity (Wildman–Crippen MR) is 115 cm³/mol. The van der Waals surface area contributed by atoms with Crippen molar-refractivity contribution >= 4 is 5.97 Å². The third-order valence-corrected chi connectivity index (χ3v) is 5.77. The fraction of sp³-hybridized carbons (Fsp3) is 0.958. The van der Waals surface area contributed by atoms with E-state index in [1.165, 1.54) is 70.6 Å². The molecule has 4 heteroatoms. The molecule has 2 unspecified atom stereocenters. The Kier molecular flexibility index (Phi) is 13.9. The molecule has 0 saturated carbocycles. The van der Waals surface area contributed by atoms with Crippen LogP contribution < -0.4 is 0 Å². The molecule has 1 fully saturated rings. The maximum atomic E-state index is 11.8. The third-order valence-electron chi connectivity index (χ3n) is 5.77. The number of hydrogen-bond donors (Lipinski definition) is 0. The Labute approximate surface area is 174 Å². The van der Waals surface area contributed by atoms with Gasteiger partial charge in [-0.1, -0.05) is 90.9 Å². The largest absolute Gasteiger partial charge is 0.463 e. The summed E-state index contributed by atoms with van der Waals surface area (Å²) in [4.78, 5) is 11.8. The maximum absolute atomic E-state index is 11.8. The molecule has 1 aliphatic heterocycles. The summed E-state index contributed by atoms with van der Waals surface area (Å²) in [6.07, 6.45) is 17.5. The van der Waals surface area contributed by atoms with Gasteiger partial charge in [-0.3, -0.25) is 4.79 Å². The predicted octanol–water partition coefficient (Wildman–Crippen LogP) is 6.80. The van der Waals surface area contributed by atoms with Gasteiger partial charge in [0.1, 0.15) is 12.7 Å². The minimum Gasteiger partial charge on any atom is -0.463 e. The van der Waals surface area contributed by atoms with Crippen LogP contribution in [0.3, 0.4) is 0 Å². The molecule has 0 aromatic heterocycles. The zero-order chi connectivity index (χ0) is 20.7. The summed E-state index contributed by atoms with van der Waals surface area (Å²) in [5.74, 6) is 0.247. The fourth-order valence-corrected chi connectivity index (χ4v) is 3.66. The van der Waals surface area contributed by atoms with Crippen LogP contribution >= 0.6 is 0 Å². The van der Waals surface area contributed by atoms with Crippen LogP contribution in [-0.2, 0) is 19.0 Å². The van der Waals surface area contributed by atoms with E-state index >= 15 is 0 Å². The average molecular weight is 399 g/mol. The molecule has 2 atom stereocenters. The Morgan fingerprint density at radius 3 is 2.00 bits per heavy atom. The van der Waals surface area contributed by atoms with Gasteiger partial charge in [0.2, 0.25) is 0 Å². The first-order valence-corrected chi connectivity index (χ1v) is 11.9. The van der Waals surface area contributed by atoms with Crippen molar-refractivity contribution in [2.24, 2.45) is 5.92 Å². The lowest BCUT2D eigenvalue weighted by Crippen LogP contribution is -2.25. The van der Waals surface area contributed by atoms with Crippen molar-refractivity contribution in [2.75, 3.05) is 13.2 Å². The third kappa shape index (κ3) is 13.5. The summed E-state index contributed by atoms with van der Waals surface area (Å²) >= 11 is 0. The number of rotatable bonds is 17. The van der Waals surface area contributed by atoms with Crippen molar-refractivity contribution in [1.29, 1.82) is 0 Å². The molecule has 0 aromatic rings. The monoisotopic (exact) mass is 398 g/mol. The Bertz CT molecular complexity index is 394. The number of unbranched alkanes of at least 4 members (excludes halogenated alkanes) is 10. The lowest BCUT2D eigenvalue weighted by atomic mass is 9.99. The van der Waals surface area contributed by atoms with Crippen molar-refractivity contribution in [3.63, 3.8) is 0 Å².